The zero-order valence-corrected chi connectivity index (χ0v) is 41.6. The molecule has 15 rings (SSSR count). The van der Waals surface area contributed by atoms with Crippen LogP contribution in [0.5, 0.6) is 23.0 Å². The number of hydrogen-bond donors (Lipinski definition) is 0. The minimum absolute atomic E-state index is 0.770. The van der Waals surface area contributed by atoms with Gasteiger partial charge in [0, 0.05) is 39.2 Å². The first-order valence-corrected chi connectivity index (χ1v) is 26.8. The van der Waals surface area contributed by atoms with Gasteiger partial charge >= 0.3 is 0 Å². The van der Waals surface area contributed by atoms with Crippen molar-refractivity contribution < 1.29 is 9.47 Å². The molecule has 10 aromatic carbocycles. The van der Waals surface area contributed by atoms with Gasteiger partial charge in [-0.3, -0.25) is 0 Å². The van der Waals surface area contributed by atoms with Crippen molar-refractivity contribution >= 4 is 47.0 Å². The van der Waals surface area contributed by atoms with Gasteiger partial charge in [0.05, 0.1) is 0 Å². The molecule has 0 radical (unpaired) electrons. The molecule has 0 aromatic heterocycles. The first-order valence-electron chi connectivity index (χ1n) is 23.6. The highest BCUT2D eigenvalue weighted by Gasteiger charge is 2.19. The van der Waals surface area contributed by atoms with Crippen molar-refractivity contribution in [3.8, 4) is 23.0 Å². The van der Waals surface area contributed by atoms with Crippen molar-refractivity contribution in [1.29, 1.82) is 0 Å². The van der Waals surface area contributed by atoms with Crippen LogP contribution in [0.2, 0.25) is 0 Å². The lowest BCUT2D eigenvalue weighted by atomic mass is 9.86. The molecule has 0 unspecified atom stereocenters. The molecule has 2 nitrogen and oxygen atoms in total. The zero-order valence-electron chi connectivity index (χ0n) is 38.4. The molecule has 5 aliphatic rings. The molecule has 4 aliphatic heterocycles. The van der Waals surface area contributed by atoms with Gasteiger partial charge in [-0.2, -0.15) is 0 Å². The van der Waals surface area contributed by atoms with Crippen LogP contribution in [0.3, 0.4) is 0 Å². The van der Waals surface area contributed by atoms with E-state index in [2.05, 4.69) is 194 Å². The summed E-state index contributed by atoms with van der Waals surface area (Å²) >= 11 is 7.49. The molecule has 4 heterocycles. The Hall–Kier alpha value is -6.80. The summed E-state index contributed by atoms with van der Waals surface area (Å²) in [4.78, 5) is 11.1. The molecule has 1 aliphatic carbocycles. The quantitative estimate of drug-likeness (QED) is 0.150. The number of fused-ring (bicyclic) bond motifs is 10. The first-order chi connectivity index (χ1) is 34.7. The number of hydrogen-bond acceptors (Lipinski definition) is 6. The monoisotopic (exact) mass is 976 g/mol. The topological polar surface area (TPSA) is 18.5 Å². The van der Waals surface area contributed by atoms with Crippen molar-refractivity contribution in [3.63, 3.8) is 0 Å². The second kappa shape index (κ2) is 21.9. The molecular weight excluding hydrogens is 929 g/mol. The van der Waals surface area contributed by atoms with E-state index in [-0.39, 0.29) is 0 Å². The molecule has 0 fully saturated rings. The first kappa shape index (κ1) is 45.6. The van der Waals surface area contributed by atoms with Crippen LogP contribution in [0.4, 0.5) is 0 Å². The van der Waals surface area contributed by atoms with Crippen LogP contribution >= 0.6 is 47.0 Å². The highest BCUT2D eigenvalue weighted by Crippen LogP contribution is 2.48. The molecular formula is C64H48O2S4. The third-order valence-electron chi connectivity index (χ3n) is 12.4. The predicted octanol–water partition coefficient (Wildman–Crippen LogP) is 18.6. The van der Waals surface area contributed by atoms with Gasteiger partial charge in [0.15, 0.2) is 23.0 Å². The van der Waals surface area contributed by atoms with E-state index in [9.17, 15) is 0 Å². The highest BCUT2D eigenvalue weighted by atomic mass is 32.2. The van der Waals surface area contributed by atoms with Crippen molar-refractivity contribution in [1.82, 2.24) is 0 Å². The largest absolute Gasteiger partial charge is 0.450 e. The second-order valence-corrected chi connectivity index (χ2v) is 21.4. The minimum Gasteiger partial charge on any atom is -0.450 e. The SMILES string of the molecule is c1ccc2c(c1)Cc1ccccc1C2.c1ccc2c(c1)Cc1ccccc1S2.c1ccc2c(c1)Cc1ccccc1S2.c1ccc2c(c1)Oc1ccccc1O2.c1ccc2c(c1)Sc1ccccc1S2. The van der Waals surface area contributed by atoms with Crippen LogP contribution < -0.4 is 9.47 Å². The normalized spacial score (nSPS) is 12.9. The third kappa shape index (κ3) is 10.8. The fourth-order valence-corrected chi connectivity index (χ4v) is 13.2. The van der Waals surface area contributed by atoms with Gasteiger partial charge in [0.1, 0.15) is 0 Å². The summed E-state index contributed by atoms with van der Waals surface area (Å²) in [5.41, 5.74) is 11.8. The molecule has 0 N–H and O–H groups in total. The molecule has 6 heteroatoms. The van der Waals surface area contributed by atoms with Crippen molar-refractivity contribution in [2.45, 2.75) is 64.8 Å². The summed E-state index contributed by atoms with van der Waals surface area (Å²) in [6.45, 7) is 0. The maximum atomic E-state index is 5.65. The van der Waals surface area contributed by atoms with Gasteiger partial charge in [0.25, 0.3) is 0 Å². The lowest BCUT2D eigenvalue weighted by Crippen LogP contribution is -2.06. The van der Waals surface area contributed by atoms with Gasteiger partial charge in [-0.1, -0.05) is 217 Å². The Kier molecular flexibility index (Phi) is 14.3. The Labute approximate surface area is 428 Å². The van der Waals surface area contributed by atoms with Gasteiger partial charge in [-0.15, -0.1) is 0 Å². The Morgan fingerprint density at radius 2 is 0.357 bits per heavy atom. The Morgan fingerprint density at radius 1 is 0.186 bits per heavy atom. The van der Waals surface area contributed by atoms with E-state index in [0.29, 0.717) is 0 Å². The van der Waals surface area contributed by atoms with E-state index in [1.807, 2.05) is 95.6 Å². The predicted molar refractivity (Wildman–Crippen MR) is 292 cm³/mol. The van der Waals surface area contributed by atoms with E-state index >= 15 is 0 Å². The van der Waals surface area contributed by atoms with Gasteiger partial charge in [-0.25, -0.2) is 0 Å². The lowest BCUT2D eigenvalue weighted by molar-refractivity contribution is 0.359. The van der Waals surface area contributed by atoms with Crippen LogP contribution in [0.1, 0.15) is 44.5 Å². The molecule has 340 valence electrons. The Morgan fingerprint density at radius 3 is 0.614 bits per heavy atom. The summed E-state index contributed by atoms with van der Waals surface area (Å²) < 4.78 is 11.3. The van der Waals surface area contributed by atoms with Crippen molar-refractivity contribution in [2.75, 3.05) is 0 Å². The molecule has 0 saturated carbocycles. The summed E-state index contributed by atoms with van der Waals surface area (Å²) in [5, 5.41) is 0. The van der Waals surface area contributed by atoms with Crippen molar-refractivity contribution in [3.05, 3.63) is 287 Å². The maximum absolute atomic E-state index is 5.65. The fraction of sp³-hybridized carbons (Fsp3) is 0.0625. The van der Waals surface area contributed by atoms with Crippen LogP contribution in [-0.4, -0.2) is 0 Å². The van der Waals surface area contributed by atoms with Crippen LogP contribution in [0.25, 0.3) is 0 Å². The van der Waals surface area contributed by atoms with Crippen LogP contribution in [0.15, 0.2) is 282 Å². The lowest BCUT2D eigenvalue weighted by Gasteiger charge is -2.19. The van der Waals surface area contributed by atoms with Crippen LogP contribution in [-0.2, 0) is 25.7 Å². The standard InChI is InChI=1S/C14H12.2C13H10S.C12H8O2.C12H8S2/c1-2-6-12-10-14-8-4-3-7-13(14)9-11(12)5-1;2*1-3-7-12-10(5-1)9-11-6-2-4-8-13(11)14-12;2*1-2-6-10-9(5-1)13-11-7-3-4-8-12(11)14-10/h1-8H,9-10H2;2*1-8H,9H2;2*1-8H. The second-order valence-electron chi connectivity index (χ2n) is 17.1. The average molecular weight is 977 g/mol. The van der Waals surface area contributed by atoms with Gasteiger partial charge in [0.2, 0.25) is 0 Å². The van der Waals surface area contributed by atoms with E-state index < -0.39 is 0 Å². The number of para-hydroxylation sites is 4. The van der Waals surface area contributed by atoms with E-state index in [1.165, 1.54) is 83.7 Å². The third-order valence-corrected chi connectivity index (χ3v) is 17.4. The van der Waals surface area contributed by atoms with E-state index in [1.54, 1.807) is 0 Å². The summed E-state index contributed by atoms with van der Waals surface area (Å²) in [6, 6.07) is 84.5. The fourth-order valence-electron chi connectivity index (χ4n) is 8.81. The molecule has 10 aromatic rings. The number of ether oxygens (including phenoxy) is 2. The number of rotatable bonds is 0. The Balaban J connectivity index is 0.0000000952. The molecule has 0 spiro atoms. The smallest absolute Gasteiger partial charge is 0.170 e. The maximum Gasteiger partial charge on any atom is 0.170 e. The van der Waals surface area contributed by atoms with E-state index in [0.717, 1.165) is 48.7 Å². The van der Waals surface area contributed by atoms with Crippen molar-refractivity contribution in [2.24, 2.45) is 0 Å². The van der Waals surface area contributed by atoms with Gasteiger partial charge < -0.3 is 9.47 Å². The molecule has 0 saturated heterocycles. The summed E-state index contributed by atoms with van der Waals surface area (Å²) in [5.74, 6) is 3.08. The summed E-state index contributed by atoms with van der Waals surface area (Å²) in [7, 11) is 0. The average Bonchev–Trinajstić information content (AvgIpc) is 3.43. The van der Waals surface area contributed by atoms with Crippen LogP contribution in [0, 0.1) is 0 Å². The number of benzene rings is 10. The summed E-state index contributed by atoms with van der Waals surface area (Å²) in [6.07, 6.45) is 4.37. The zero-order chi connectivity index (χ0) is 46.9. The molecule has 0 bridgehead atoms. The Bertz CT molecular complexity index is 2470. The van der Waals surface area contributed by atoms with E-state index in [4.69, 9.17) is 9.47 Å². The van der Waals surface area contributed by atoms with Gasteiger partial charge in [-0.05, 0) is 143 Å². The minimum atomic E-state index is 0.770. The molecule has 0 atom stereocenters. The molecule has 70 heavy (non-hydrogen) atoms. The highest BCUT2D eigenvalue weighted by molar-refractivity contribution is 8.05. The molecule has 0 amide bonds.